The van der Waals surface area contributed by atoms with Gasteiger partial charge in [-0.05, 0) is 77.0 Å². The molecule has 0 aliphatic heterocycles. The minimum Gasteiger partial charge on any atom is -0.462 e. The molecule has 0 aliphatic carbocycles. The fraction of sp³-hybridized carbons (Fsp3) is 0.814. The van der Waals surface area contributed by atoms with Crippen molar-refractivity contribution in [2.75, 3.05) is 13.2 Å². The Morgan fingerprint density at radius 3 is 0.969 bits per heavy atom. The van der Waals surface area contributed by atoms with Crippen LogP contribution in [0.2, 0.25) is 0 Å². The van der Waals surface area contributed by atoms with Crippen molar-refractivity contribution < 1.29 is 28.6 Å². The number of hydrogen-bond acceptors (Lipinski definition) is 6. The second-order valence-electron chi connectivity index (χ2n) is 18.8. The quantitative estimate of drug-likeness (QED) is 0.0262. The molecule has 378 valence electrons. The number of allylic oxidation sites excluding steroid dienone is 8. The Kier molecular flexibility index (Phi) is 51.8. The molecule has 0 fully saturated rings. The summed E-state index contributed by atoms with van der Waals surface area (Å²) in [7, 11) is 0. The van der Waals surface area contributed by atoms with Gasteiger partial charge >= 0.3 is 17.9 Å². The van der Waals surface area contributed by atoms with Crippen LogP contribution in [0.3, 0.4) is 0 Å². The van der Waals surface area contributed by atoms with E-state index in [1.165, 1.54) is 167 Å². The van der Waals surface area contributed by atoms with Gasteiger partial charge in [-0.2, -0.15) is 0 Å². The number of hydrogen-bond donors (Lipinski definition) is 0. The van der Waals surface area contributed by atoms with Gasteiger partial charge < -0.3 is 14.2 Å². The molecular formula is C59H106O6. The Balaban J connectivity index is 4.07. The molecule has 0 saturated carbocycles. The first-order valence-corrected chi connectivity index (χ1v) is 28.1. The predicted octanol–water partition coefficient (Wildman–Crippen LogP) is 18.7. The zero-order valence-electron chi connectivity index (χ0n) is 43.3. The van der Waals surface area contributed by atoms with E-state index in [9.17, 15) is 14.4 Å². The highest BCUT2D eigenvalue weighted by atomic mass is 16.6. The summed E-state index contributed by atoms with van der Waals surface area (Å²) in [5, 5.41) is 0. The number of ether oxygens (including phenoxy) is 3. The molecule has 0 amide bonds. The zero-order valence-corrected chi connectivity index (χ0v) is 43.3. The van der Waals surface area contributed by atoms with Gasteiger partial charge in [0.1, 0.15) is 13.2 Å². The van der Waals surface area contributed by atoms with E-state index in [0.29, 0.717) is 19.3 Å². The van der Waals surface area contributed by atoms with Crippen LogP contribution < -0.4 is 0 Å². The molecule has 0 aromatic rings. The lowest BCUT2D eigenvalue weighted by Gasteiger charge is -2.18. The highest BCUT2D eigenvalue weighted by Gasteiger charge is 2.19. The lowest BCUT2D eigenvalue weighted by atomic mass is 10.0. The number of esters is 3. The van der Waals surface area contributed by atoms with E-state index in [1.807, 2.05) is 0 Å². The number of carbonyl (C=O) groups excluding carboxylic acids is 3. The van der Waals surface area contributed by atoms with Crippen LogP contribution in [-0.2, 0) is 28.6 Å². The molecular weight excluding hydrogens is 805 g/mol. The Bertz CT molecular complexity index is 1140. The van der Waals surface area contributed by atoms with E-state index >= 15 is 0 Å². The van der Waals surface area contributed by atoms with Crippen LogP contribution in [0.1, 0.15) is 290 Å². The lowest BCUT2D eigenvalue weighted by molar-refractivity contribution is -0.167. The molecule has 0 heterocycles. The van der Waals surface area contributed by atoms with Gasteiger partial charge in [0.05, 0.1) is 0 Å². The third-order valence-electron chi connectivity index (χ3n) is 12.3. The maximum atomic E-state index is 12.7. The highest BCUT2D eigenvalue weighted by Crippen LogP contribution is 2.16. The standard InChI is InChI=1S/C59H106O6/c1-4-7-10-13-16-18-20-22-23-24-25-26-27-28-29-30-31-32-33-34-35-37-38-40-43-46-49-52-58(61)64-55-56(54-63-57(60)51-48-45-42-15-12-9-6-3)65-59(62)53-50-47-44-41-39-36-21-19-17-14-11-8-5-2/h8,11,17,19,24-25,36,39,56H,4-7,9-10,12-16,18,20-23,26-35,37-38,40-55H2,1-3H3/b11-8-,19-17-,25-24-,39-36-. The molecule has 1 unspecified atom stereocenters. The molecule has 0 aromatic carbocycles. The molecule has 0 aliphatic rings. The van der Waals surface area contributed by atoms with E-state index in [4.69, 9.17) is 14.2 Å². The van der Waals surface area contributed by atoms with Crippen molar-refractivity contribution in [3.63, 3.8) is 0 Å². The van der Waals surface area contributed by atoms with E-state index in [-0.39, 0.29) is 31.1 Å². The molecule has 0 bridgehead atoms. The fourth-order valence-corrected chi connectivity index (χ4v) is 8.10. The topological polar surface area (TPSA) is 78.9 Å². The fourth-order valence-electron chi connectivity index (χ4n) is 8.10. The summed E-state index contributed by atoms with van der Waals surface area (Å²) < 4.78 is 16.7. The van der Waals surface area contributed by atoms with Crippen LogP contribution in [-0.4, -0.2) is 37.2 Å². The van der Waals surface area contributed by atoms with E-state index in [2.05, 4.69) is 69.4 Å². The van der Waals surface area contributed by atoms with E-state index < -0.39 is 6.10 Å². The second-order valence-corrected chi connectivity index (χ2v) is 18.8. The van der Waals surface area contributed by atoms with E-state index in [0.717, 1.165) is 83.5 Å². The predicted molar refractivity (Wildman–Crippen MR) is 279 cm³/mol. The maximum absolute atomic E-state index is 12.7. The maximum Gasteiger partial charge on any atom is 0.306 e. The number of unbranched alkanes of at least 4 members (excludes halogenated alkanes) is 32. The minimum absolute atomic E-state index is 0.0826. The average Bonchev–Trinajstić information content (AvgIpc) is 3.30. The first-order chi connectivity index (χ1) is 32.0. The third-order valence-corrected chi connectivity index (χ3v) is 12.3. The van der Waals surface area contributed by atoms with Crippen molar-refractivity contribution in [3.8, 4) is 0 Å². The van der Waals surface area contributed by atoms with Crippen molar-refractivity contribution in [3.05, 3.63) is 48.6 Å². The van der Waals surface area contributed by atoms with Crippen LogP contribution in [0.15, 0.2) is 48.6 Å². The van der Waals surface area contributed by atoms with Crippen LogP contribution in [0.25, 0.3) is 0 Å². The van der Waals surface area contributed by atoms with Crippen LogP contribution in [0, 0.1) is 0 Å². The molecule has 0 saturated heterocycles. The third kappa shape index (κ3) is 52.2. The van der Waals surface area contributed by atoms with Crippen molar-refractivity contribution in [1.29, 1.82) is 0 Å². The molecule has 0 aromatic heterocycles. The second kappa shape index (κ2) is 54.0. The van der Waals surface area contributed by atoms with Gasteiger partial charge in [0, 0.05) is 19.3 Å². The summed E-state index contributed by atoms with van der Waals surface area (Å²) in [5.41, 5.74) is 0. The summed E-state index contributed by atoms with van der Waals surface area (Å²) in [6.45, 7) is 6.48. The molecule has 6 nitrogen and oxygen atoms in total. The Hall–Kier alpha value is -2.63. The van der Waals surface area contributed by atoms with E-state index in [1.54, 1.807) is 0 Å². The van der Waals surface area contributed by atoms with Gasteiger partial charge in [-0.3, -0.25) is 14.4 Å². The normalized spacial score (nSPS) is 12.4. The van der Waals surface area contributed by atoms with Crippen molar-refractivity contribution in [2.24, 2.45) is 0 Å². The average molecular weight is 911 g/mol. The molecule has 0 rings (SSSR count). The van der Waals surface area contributed by atoms with Crippen molar-refractivity contribution >= 4 is 17.9 Å². The summed E-state index contributed by atoms with van der Waals surface area (Å²) in [6, 6.07) is 0. The lowest BCUT2D eigenvalue weighted by Crippen LogP contribution is -2.30. The zero-order chi connectivity index (χ0) is 47.2. The first kappa shape index (κ1) is 62.4. The molecule has 65 heavy (non-hydrogen) atoms. The van der Waals surface area contributed by atoms with Crippen LogP contribution in [0.5, 0.6) is 0 Å². The van der Waals surface area contributed by atoms with Crippen molar-refractivity contribution in [1.82, 2.24) is 0 Å². The molecule has 0 spiro atoms. The first-order valence-electron chi connectivity index (χ1n) is 28.1. The van der Waals surface area contributed by atoms with Crippen LogP contribution >= 0.6 is 0 Å². The smallest absolute Gasteiger partial charge is 0.306 e. The summed E-state index contributed by atoms with van der Waals surface area (Å²) >= 11 is 0. The monoisotopic (exact) mass is 911 g/mol. The Morgan fingerprint density at radius 2 is 0.600 bits per heavy atom. The molecule has 1 atom stereocenters. The van der Waals surface area contributed by atoms with Gasteiger partial charge in [0.2, 0.25) is 0 Å². The van der Waals surface area contributed by atoms with Gasteiger partial charge in [0.25, 0.3) is 0 Å². The summed E-state index contributed by atoms with van der Waals surface area (Å²) in [5.74, 6) is -0.910. The van der Waals surface area contributed by atoms with Crippen LogP contribution in [0.4, 0.5) is 0 Å². The van der Waals surface area contributed by atoms with Gasteiger partial charge in [-0.25, -0.2) is 0 Å². The molecule has 0 N–H and O–H groups in total. The summed E-state index contributed by atoms with van der Waals surface area (Å²) in [6.07, 6.45) is 65.7. The summed E-state index contributed by atoms with van der Waals surface area (Å²) in [4.78, 5) is 37.8. The highest BCUT2D eigenvalue weighted by molar-refractivity contribution is 5.71. The Morgan fingerprint density at radius 1 is 0.323 bits per heavy atom. The molecule has 0 radical (unpaired) electrons. The largest absolute Gasteiger partial charge is 0.462 e. The molecule has 6 heteroatoms. The number of carbonyl (C=O) groups is 3. The van der Waals surface area contributed by atoms with Crippen molar-refractivity contribution in [2.45, 2.75) is 297 Å². The van der Waals surface area contributed by atoms with Gasteiger partial charge in [-0.1, -0.05) is 243 Å². The number of rotatable bonds is 51. The van der Waals surface area contributed by atoms with Gasteiger partial charge in [0.15, 0.2) is 6.10 Å². The SMILES string of the molecule is CC/C=C\C/C=C\C/C=C\CCCCCC(=O)OC(COC(=O)CCCCCCCCC)COC(=O)CCCCCCCCCCCCCCCCC/C=C\CCCCCCCCCC. The minimum atomic E-state index is -0.783. The van der Waals surface area contributed by atoms with Gasteiger partial charge in [-0.15, -0.1) is 0 Å². The Labute approximate surface area is 403 Å².